The van der Waals surface area contributed by atoms with Crippen LogP contribution in [-0.2, 0) is 6.42 Å². The lowest BCUT2D eigenvalue weighted by atomic mass is 10.0. The molecule has 13 heavy (non-hydrogen) atoms. The molecular weight excluding hydrogens is 160 g/mol. The van der Waals surface area contributed by atoms with Gasteiger partial charge in [-0.05, 0) is 30.0 Å². The molecule has 0 unspecified atom stereocenters. The van der Waals surface area contributed by atoms with Gasteiger partial charge in [-0.1, -0.05) is 26.0 Å². The summed E-state index contributed by atoms with van der Waals surface area (Å²) in [5.74, 6) is 1.42. The fourth-order valence-corrected chi connectivity index (χ4v) is 1.52. The molecule has 1 aromatic heterocycles. The average Bonchev–Trinajstić information content (AvgIpc) is 2.49. The normalized spacial score (nSPS) is 11.3. The highest BCUT2D eigenvalue weighted by Gasteiger charge is 2.01. The molecule has 2 rings (SSSR count). The summed E-state index contributed by atoms with van der Waals surface area (Å²) >= 11 is 0. The Morgan fingerprint density at radius 3 is 2.85 bits per heavy atom. The molecule has 0 N–H and O–H groups in total. The van der Waals surface area contributed by atoms with Gasteiger partial charge in [-0.3, -0.25) is 0 Å². The van der Waals surface area contributed by atoms with E-state index in [9.17, 15) is 0 Å². The minimum absolute atomic E-state index is 0.985. The Balaban J connectivity index is 2.37. The van der Waals surface area contributed by atoms with Crippen LogP contribution in [0.1, 0.15) is 19.4 Å². The third-order valence-corrected chi connectivity index (χ3v) is 2.08. The molecule has 0 atom stereocenters. The second-order valence-corrected chi connectivity index (χ2v) is 3.68. The van der Waals surface area contributed by atoms with E-state index in [4.69, 9.17) is 4.42 Å². The van der Waals surface area contributed by atoms with Crippen LogP contribution < -0.4 is 0 Å². The zero-order chi connectivity index (χ0) is 9.26. The van der Waals surface area contributed by atoms with Crippen LogP contribution in [-0.4, -0.2) is 0 Å². The number of fused-ring (bicyclic) bond motifs is 1. The molecule has 0 aliphatic heterocycles. The first-order chi connectivity index (χ1) is 6.25. The Labute approximate surface area is 78.4 Å². The summed E-state index contributed by atoms with van der Waals surface area (Å²) in [5, 5.41) is 1.18. The van der Waals surface area contributed by atoms with Crippen molar-refractivity contribution in [2.45, 2.75) is 20.3 Å². The molecule has 0 bridgehead atoms. The van der Waals surface area contributed by atoms with Gasteiger partial charge in [-0.15, -0.1) is 0 Å². The highest BCUT2D eigenvalue weighted by molar-refractivity contribution is 5.77. The zero-order valence-electron chi connectivity index (χ0n) is 8.00. The first-order valence-electron chi connectivity index (χ1n) is 4.51. The van der Waals surface area contributed by atoms with Gasteiger partial charge in [0, 0.05) is 5.39 Å². The molecular formula is C12H13O. The summed E-state index contributed by atoms with van der Waals surface area (Å²) in [5.41, 5.74) is 2.31. The average molecular weight is 173 g/mol. The molecule has 1 nitrogen and oxygen atoms in total. The lowest BCUT2D eigenvalue weighted by molar-refractivity contribution is 0.615. The van der Waals surface area contributed by atoms with Crippen molar-refractivity contribution in [3.05, 3.63) is 42.0 Å². The Morgan fingerprint density at radius 1 is 1.23 bits per heavy atom. The summed E-state index contributed by atoms with van der Waals surface area (Å²) in [4.78, 5) is 0. The lowest BCUT2D eigenvalue weighted by Crippen LogP contribution is -1.90. The molecule has 0 fully saturated rings. The van der Waals surface area contributed by atoms with E-state index in [2.05, 4.69) is 32.0 Å². The third kappa shape index (κ3) is 1.74. The van der Waals surface area contributed by atoms with E-state index < -0.39 is 0 Å². The van der Waals surface area contributed by atoms with E-state index in [1.807, 2.05) is 6.07 Å². The van der Waals surface area contributed by atoms with Crippen molar-refractivity contribution in [1.29, 1.82) is 0 Å². The molecule has 2 aromatic rings. The zero-order valence-corrected chi connectivity index (χ0v) is 8.00. The van der Waals surface area contributed by atoms with Crippen LogP contribution in [0.3, 0.4) is 0 Å². The Kier molecular flexibility index (Phi) is 2.09. The maximum atomic E-state index is 5.33. The molecule has 1 heterocycles. The molecule has 1 heteroatoms. The Morgan fingerprint density at radius 2 is 2.08 bits per heavy atom. The van der Waals surface area contributed by atoms with Crippen LogP contribution in [0.5, 0.6) is 0 Å². The molecule has 0 spiro atoms. The van der Waals surface area contributed by atoms with E-state index >= 15 is 0 Å². The van der Waals surface area contributed by atoms with Crippen LogP contribution in [0, 0.1) is 5.92 Å². The topological polar surface area (TPSA) is 13.1 Å². The maximum Gasteiger partial charge on any atom is 0.134 e. The summed E-state index contributed by atoms with van der Waals surface area (Å²) in [7, 11) is 0. The molecule has 1 radical (unpaired) electrons. The lowest BCUT2D eigenvalue weighted by Gasteiger charge is -2.03. The third-order valence-electron chi connectivity index (χ3n) is 2.08. The van der Waals surface area contributed by atoms with E-state index in [1.165, 1.54) is 16.9 Å². The fourth-order valence-electron chi connectivity index (χ4n) is 1.52. The van der Waals surface area contributed by atoms with Crippen LogP contribution in [0.2, 0.25) is 0 Å². The Hall–Kier alpha value is -1.24. The van der Waals surface area contributed by atoms with Gasteiger partial charge in [0.2, 0.25) is 0 Å². The van der Waals surface area contributed by atoms with E-state index in [-0.39, 0.29) is 0 Å². The van der Waals surface area contributed by atoms with Crippen molar-refractivity contribution in [2.24, 2.45) is 0 Å². The van der Waals surface area contributed by atoms with Gasteiger partial charge in [-0.2, -0.15) is 0 Å². The van der Waals surface area contributed by atoms with Crippen molar-refractivity contribution in [3.63, 3.8) is 0 Å². The van der Waals surface area contributed by atoms with Crippen molar-refractivity contribution in [3.8, 4) is 0 Å². The van der Waals surface area contributed by atoms with Crippen LogP contribution in [0.15, 0.2) is 34.9 Å². The summed E-state index contributed by atoms with van der Waals surface area (Å²) in [6.07, 6.45) is 2.77. The summed E-state index contributed by atoms with van der Waals surface area (Å²) in [6, 6.07) is 8.37. The predicted molar refractivity (Wildman–Crippen MR) is 54.5 cm³/mol. The van der Waals surface area contributed by atoms with Gasteiger partial charge in [0.05, 0.1) is 6.26 Å². The molecule has 0 saturated carbocycles. The summed E-state index contributed by atoms with van der Waals surface area (Å²) < 4.78 is 5.33. The molecule has 1 aromatic carbocycles. The number of hydrogen-bond donors (Lipinski definition) is 0. The highest BCUT2D eigenvalue weighted by Crippen LogP contribution is 2.19. The minimum Gasteiger partial charge on any atom is -0.464 e. The number of furan rings is 1. The van der Waals surface area contributed by atoms with Gasteiger partial charge in [0.1, 0.15) is 5.58 Å². The van der Waals surface area contributed by atoms with Gasteiger partial charge in [-0.25, -0.2) is 0 Å². The van der Waals surface area contributed by atoms with Gasteiger partial charge >= 0.3 is 0 Å². The maximum absolute atomic E-state index is 5.33. The smallest absolute Gasteiger partial charge is 0.134 e. The first-order valence-corrected chi connectivity index (χ1v) is 4.51. The number of benzene rings is 1. The molecule has 67 valence electrons. The number of rotatable bonds is 2. The van der Waals surface area contributed by atoms with Crippen molar-refractivity contribution < 1.29 is 4.42 Å². The molecule has 0 aliphatic carbocycles. The fraction of sp³-hybridized carbons (Fsp3) is 0.250. The molecule has 0 aliphatic rings. The van der Waals surface area contributed by atoms with E-state index in [1.54, 1.807) is 6.26 Å². The van der Waals surface area contributed by atoms with Gasteiger partial charge in [0.15, 0.2) is 0 Å². The molecule has 0 saturated heterocycles. The van der Waals surface area contributed by atoms with Gasteiger partial charge in [0.25, 0.3) is 0 Å². The largest absolute Gasteiger partial charge is 0.464 e. The van der Waals surface area contributed by atoms with Crippen molar-refractivity contribution >= 4 is 11.0 Å². The predicted octanol–water partition coefficient (Wildman–Crippen LogP) is 3.59. The van der Waals surface area contributed by atoms with Crippen LogP contribution in [0.4, 0.5) is 0 Å². The second kappa shape index (κ2) is 3.25. The Bertz CT molecular complexity index is 398. The highest BCUT2D eigenvalue weighted by atomic mass is 16.3. The second-order valence-electron chi connectivity index (χ2n) is 3.68. The molecule has 0 amide bonds. The van der Waals surface area contributed by atoms with Gasteiger partial charge < -0.3 is 4.42 Å². The van der Waals surface area contributed by atoms with Crippen LogP contribution >= 0.6 is 0 Å². The summed E-state index contributed by atoms with van der Waals surface area (Å²) in [6.45, 7) is 4.29. The van der Waals surface area contributed by atoms with Crippen molar-refractivity contribution in [1.82, 2.24) is 0 Å². The van der Waals surface area contributed by atoms with E-state index in [0.717, 1.165) is 12.0 Å². The minimum atomic E-state index is 0.985. The number of hydrogen-bond acceptors (Lipinski definition) is 1. The quantitative estimate of drug-likeness (QED) is 0.676. The standard InChI is InChI=1S/C12H13O/c1-9(2)7-10-3-4-11-5-6-13-12(11)8-10/h3-6,8H,7H2,1-2H3. The van der Waals surface area contributed by atoms with Crippen LogP contribution in [0.25, 0.3) is 11.0 Å². The monoisotopic (exact) mass is 173 g/mol. The van der Waals surface area contributed by atoms with Crippen molar-refractivity contribution in [2.75, 3.05) is 0 Å². The SMILES string of the molecule is C[C](C)Cc1ccc2ccoc2c1. The van der Waals surface area contributed by atoms with E-state index in [0.29, 0.717) is 0 Å². The first kappa shape index (κ1) is 8.36.